The van der Waals surface area contributed by atoms with E-state index in [4.69, 9.17) is 4.74 Å². The molecule has 1 aromatic rings. The van der Waals surface area contributed by atoms with E-state index in [1.807, 2.05) is 24.3 Å². The summed E-state index contributed by atoms with van der Waals surface area (Å²) in [4.78, 5) is 0. The molecular weight excluding hydrogens is 306 g/mol. The zero-order valence-corrected chi connectivity index (χ0v) is 15.0. The lowest BCUT2D eigenvalue weighted by atomic mass is 9.77. The van der Waals surface area contributed by atoms with E-state index in [1.165, 1.54) is 0 Å². The van der Waals surface area contributed by atoms with Crippen LogP contribution in [0.25, 0.3) is 0 Å². The molecule has 0 N–H and O–H groups in total. The average molecular weight is 338 g/mol. The summed E-state index contributed by atoms with van der Waals surface area (Å²) in [6.45, 7) is 2.67. The highest BCUT2D eigenvalue weighted by atomic mass is 19.1. The number of alkyl halides is 2. The molecule has 1 aliphatic carbocycles. The number of halogens is 2. The van der Waals surface area contributed by atoms with Crippen LogP contribution in [0.1, 0.15) is 63.9 Å². The molecule has 1 nitrogen and oxygen atoms in total. The van der Waals surface area contributed by atoms with Gasteiger partial charge < -0.3 is 4.74 Å². The zero-order chi connectivity index (χ0) is 17.2. The summed E-state index contributed by atoms with van der Waals surface area (Å²) in [5.74, 6) is 1.66. The molecule has 1 aliphatic rings. The van der Waals surface area contributed by atoms with Crippen LogP contribution >= 0.6 is 0 Å². The highest BCUT2D eigenvalue weighted by Crippen LogP contribution is 2.35. The van der Waals surface area contributed by atoms with Crippen molar-refractivity contribution in [2.24, 2.45) is 11.8 Å². The Morgan fingerprint density at radius 3 is 2.42 bits per heavy atom. The fourth-order valence-electron chi connectivity index (χ4n) is 3.65. The molecule has 0 saturated heterocycles. The maximum Gasteiger partial charge on any atom is 0.119 e. The van der Waals surface area contributed by atoms with Crippen molar-refractivity contribution in [2.75, 3.05) is 13.3 Å². The van der Waals surface area contributed by atoms with Gasteiger partial charge >= 0.3 is 0 Å². The highest BCUT2D eigenvalue weighted by Gasteiger charge is 2.27. The molecule has 0 aliphatic heterocycles. The minimum absolute atomic E-state index is 0.173. The third-order valence-corrected chi connectivity index (χ3v) is 5.27. The second kappa shape index (κ2) is 10.7. The van der Waals surface area contributed by atoms with Gasteiger partial charge in [0.15, 0.2) is 0 Å². The molecule has 1 aromatic carbocycles. The van der Waals surface area contributed by atoms with Crippen LogP contribution in [0.3, 0.4) is 0 Å². The Morgan fingerprint density at radius 1 is 1.08 bits per heavy atom. The van der Waals surface area contributed by atoms with Crippen molar-refractivity contribution in [3.63, 3.8) is 0 Å². The van der Waals surface area contributed by atoms with Gasteiger partial charge in [-0.25, -0.2) is 4.39 Å². The van der Waals surface area contributed by atoms with Gasteiger partial charge in [0.2, 0.25) is 0 Å². The van der Waals surface area contributed by atoms with Crippen molar-refractivity contribution in [3.8, 4) is 5.75 Å². The number of hydrogen-bond donors (Lipinski definition) is 0. The molecule has 0 bridgehead atoms. The Labute approximate surface area is 145 Å². The molecule has 3 heteroatoms. The minimum atomic E-state index is -0.765. The van der Waals surface area contributed by atoms with Crippen LogP contribution in [0.4, 0.5) is 8.78 Å². The third-order valence-electron chi connectivity index (χ3n) is 5.27. The van der Waals surface area contributed by atoms with Gasteiger partial charge in [-0.1, -0.05) is 38.3 Å². The van der Waals surface area contributed by atoms with E-state index < -0.39 is 6.17 Å². The van der Waals surface area contributed by atoms with Gasteiger partial charge in [0, 0.05) is 6.42 Å². The third kappa shape index (κ3) is 6.41. The quantitative estimate of drug-likeness (QED) is 0.455. The normalized spacial score (nSPS) is 22.3. The van der Waals surface area contributed by atoms with E-state index in [0.717, 1.165) is 62.9 Å². The molecule has 1 unspecified atom stereocenters. The fraction of sp³-hybridized carbons (Fsp3) is 0.714. The van der Waals surface area contributed by atoms with Gasteiger partial charge in [0.05, 0.1) is 13.3 Å². The average Bonchev–Trinajstić information content (AvgIpc) is 2.62. The molecule has 1 fully saturated rings. The summed E-state index contributed by atoms with van der Waals surface area (Å²) >= 11 is 0. The van der Waals surface area contributed by atoms with E-state index in [9.17, 15) is 8.78 Å². The highest BCUT2D eigenvalue weighted by molar-refractivity contribution is 5.27. The van der Waals surface area contributed by atoms with Gasteiger partial charge in [0.25, 0.3) is 0 Å². The lowest BCUT2D eigenvalue weighted by Gasteiger charge is -2.30. The van der Waals surface area contributed by atoms with Gasteiger partial charge in [-0.05, 0) is 61.6 Å². The molecule has 1 saturated carbocycles. The first-order chi connectivity index (χ1) is 11.7. The van der Waals surface area contributed by atoms with E-state index in [1.54, 1.807) is 0 Å². The topological polar surface area (TPSA) is 9.23 Å². The number of benzene rings is 1. The summed E-state index contributed by atoms with van der Waals surface area (Å²) in [5, 5.41) is 0. The SMILES string of the molecule is CCCCOc1ccc(CC(F)C2CCC(CCCF)CC2)cc1. The van der Waals surface area contributed by atoms with Crippen molar-refractivity contribution >= 4 is 0 Å². The van der Waals surface area contributed by atoms with Gasteiger partial charge in [0.1, 0.15) is 11.9 Å². The lowest BCUT2D eigenvalue weighted by molar-refractivity contribution is 0.150. The first-order valence-electron chi connectivity index (χ1n) is 9.64. The standard InChI is InChI=1S/C21H32F2O/c1-2-3-15-24-20-12-8-18(9-13-20)16-21(23)19-10-6-17(7-11-19)5-4-14-22/h8-9,12-13,17,19,21H,2-7,10-11,14-16H2,1H3. The smallest absolute Gasteiger partial charge is 0.119 e. The van der Waals surface area contributed by atoms with E-state index >= 15 is 0 Å². The van der Waals surface area contributed by atoms with Crippen molar-refractivity contribution in [3.05, 3.63) is 29.8 Å². The summed E-state index contributed by atoms with van der Waals surface area (Å²) in [7, 11) is 0. The minimum Gasteiger partial charge on any atom is -0.494 e. The summed E-state index contributed by atoms with van der Waals surface area (Å²) < 4.78 is 32.5. The molecule has 24 heavy (non-hydrogen) atoms. The molecule has 0 radical (unpaired) electrons. The van der Waals surface area contributed by atoms with Crippen molar-refractivity contribution in [2.45, 2.75) is 70.9 Å². The number of unbranched alkanes of at least 4 members (excludes halogenated alkanes) is 1. The Hall–Kier alpha value is -1.12. The molecule has 136 valence electrons. The number of ether oxygens (including phenoxy) is 1. The molecule has 0 amide bonds. The van der Waals surface area contributed by atoms with E-state index in [0.29, 0.717) is 18.8 Å². The fourth-order valence-corrected chi connectivity index (χ4v) is 3.65. The Bertz CT molecular complexity index is 438. The van der Waals surface area contributed by atoms with Crippen molar-refractivity contribution < 1.29 is 13.5 Å². The Morgan fingerprint density at radius 2 is 1.79 bits per heavy atom. The van der Waals surface area contributed by atoms with Crippen LogP contribution in [0.2, 0.25) is 0 Å². The van der Waals surface area contributed by atoms with Crippen LogP contribution < -0.4 is 4.74 Å². The number of rotatable bonds is 10. The maximum atomic E-state index is 14.6. The zero-order valence-electron chi connectivity index (χ0n) is 15.0. The first kappa shape index (κ1) is 19.2. The maximum absolute atomic E-state index is 14.6. The Balaban J connectivity index is 1.73. The molecule has 0 spiro atoms. The van der Waals surface area contributed by atoms with Gasteiger partial charge in [-0.15, -0.1) is 0 Å². The van der Waals surface area contributed by atoms with Crippen LogP contribution in [0, 0.1) is 11.8 Å². The van der Waals surface area contributed by atoms with Crippen LogP contribution in [0.5, 0.6) is 5.75 Å². The summed E-state index contributed by atoms with van der Waals surface area (Å²) in [6.07, 6.45) is 7.59. The largest absolute Gasteiger partial charge is 0.494 e. The second-order valence-corrected chi connectivity index (χ2v) is 7.18. The monoisotopic (exact) mass is 338 g/mol. The second-order valence-electron chi connectivity index (χ2n) is 7.18. The molecule has 0 aromatic heterocycles. The van der Waals surface area contributed by atoms with Crippen LogP contribution in [-0.4, -0.2) is 19.5 Å². The molecule has 2 rings (SSSR count). The lowest BCUT2D eigenvalue weighted by Crippen LogP contribution is -2.24. The van der Waals surface area contributed by atoms with Crippen molar-refractivity contribution in [1.82, 2.24) is 0 Å². The first-order valence-corrected chi connectivity index (χ1v) is 9.64. The van der Waals surface area contributed by atoms with Crippen molar-refractivity contribution in [1.29, 1.82) is 0 Å². The van der Waals surface area contributed by atoms with Gasteiger partial charge in [-0.3, -0.25) is 4.39 Å². The van der Waals surface area contributed by atoms with Crippen LogP contribution in [0.15, 0.2) is 24.3 Å². The predicted octanol–water partition coefficient (Wildman–Crippen LogP) is 6.30. The summed E-state index contributed by atoms with van der Waals surface area (Å²) in [6, 6.07) is 7.87. The predicted molar refractivity (Wildman–Crippen MR) is 96.1 cm³/mol. The number of hydrogen-bond acceptors (Lipinski definition) is 1. The molecular formula is C21H32F2O. The van der Waals surface area contributed by atoms with E-state index in [-0.39, 0.29) is 12.6 Å². The summed E-state index contributed by atoms with van der Waals surface area (Å²) in [5.41, 5.74) is 1.05. The van der Waals surface area contributed by atoms with Crippen LogP contribution in [-0.2, 0) is 6.42 Å². The van der Waals surface area contributed by atoms with E-state index in [2.05, 4.69) is 6.92 Å². The molecule has 0 heterocycles. The Kier molecular flexibility index (Phi) is 8.55. The van der Waals surface area contributed by atoms with Gasteiger partial charge in [-0.2, -0.15) is 0 Å². The molecule has 1 atom stereocenters.